The molecule has 2 rings (SSSR count). The van der Waals surface area contributed by atoms with E-state index in [1.807, 2.05) is 6.07 Å². The highest BCUT2D eigenvalue weighted by molar-refractivity contribution is 7.85. The number of aromatic nitrogens is 2. The van der Waals surface area contributed by atoms with Crippen LogP contribution < -0.4 is 5.73 Å². The largest absolute Gasteiger partial charge is 0.382 e. The number of hydrogen-bond donors (Lipinski definition) is 2. The van der Waals surface area contributed by atoms with Crippen molar-refractivity contribution in [3.05, 3.63) is 33.9 Å². The third kappa shape index (κ3) is 2.44. The molecule has 0 bridgehead atoms. The zero-order valence-electron chi connectivity index (χ0n) is 9.58. The highest BCUT2D eigenvalue weighted by atomic mass is 35.5. The lowest BCUT2D eigenvalue weighted by Crippen LogP contribution is -2.06. The topological polar surface area (TPSA) is 122 Å². The molecule has 20 heavy (non-hydrogen) atoms. The Hall–Kier alpha value is -1.79. The quantitative estimate of drug-likeness (QED) is 0.809. The van der Waals surface area contributed by atoms with Crippen LogP contribution in [0, 0.1) is 11.3 Å². The van der Waals surface area contributed by atoms with Crippen LogP contribution in [0.5, 0.6) is 0 Å². The second-order valence-electron chi connectivity index (χ2n) is 3.68. The number of nitrogen functional groups attached to an aromatic ring is 1. The van der Waals surface area contributed by atoms with Gasteiger partial charge in [-0.15, -0.1) is 0 Å². The molecule has 0 aliphatic heterocycles. The molecule has 1 aromatic carbocycles. The number of hydrogen-bond acceptors (Lipinski definition) is 5. The molecule has 0 aliphatic rings. The summed E-state index contributed by atoms with van der Waals surface area (Å²) in [6.07, 6.45) is 1.22. The van der Waals surface area contributed by atoms with Crippen molar-refractivity contribution in [2.75, 3.05) is 5.73 Å². The molecule has 0 radical (unpaired) electrons. The van der Waals surface area contributed by atoms with Crippen LogP contribution in [0.3, 0.4) is 0 Å². The minimum absolute atomic E-state index is 0.0101. The van der Waals surface area contributed by atoms with Gasteiger partial charge in [0.05, 0.1) is 21.1 Å². The summed E-state index contributed by atoms with van der Waals surface area (Å²) in [5.74, 6) is 0.0101. The first-order valence-corrected chi connectivity index (χ1v) is 7.16. The van der Waals surface area contributed by atoms with Crippen LogP contribution >= 0.6 is 23.2 Å². The number of rotatable bonds is 2. The molecule has 0 spiro atoms. The molecule has 0 unspecified atom stereocenters. The predicted octanol–water partition coefficient (Wildman–Crippen LogP) is 1.88. The Balaban J connectivity index is 2.71. The van der Waals surface area contributed by atoms with E-state index in [1.165, 1.54) is 6.20 Å². The van der Waals surface area contributed by atoms with E-state index in [4.69, 9.17) is 38.8 Å². The maximum absolute atomic E-state index is 11.1. The van der Waals surface area contributed by atoms with Crippen LogP contribution in [-0.4, -0.2) is 22.8 Å². The van der Waals surface area contributed by atoms with Crippen molar-refractivity contribution in [2.24, 2.45) is 0 Å². The van der Waals surface area contributed by atoms with Crippen LogP contribution in [-0.2, 0) is 10.1 Å². The summed E-state index contributed by atoms with van der Waals surface area (Å²) >= 11 is 11.9. The van der Waals surface area contributed by atoms with Crippen LogP contribution in [0.1, 0.15) is 5.56 Å². The Morgan fingerprint density at radius 2 is 1.90 bits per heavy atom. The first kappa shape index (κ1) is 14.6. The first-order chi connectivity index (χ1) is 9.25. The van der Waals surface area contributed by atoms with Crippen molar-refractivity contribution >= 4 is 39.1 Å². The SMILES string of the molecule is N#Cc1cnn(-c2c(Cl)cc(S(=O)(=O)O)cc2Cl)c1N. The Morgan fingerprint density at radius 3 is 2.30 bits per heavy atom. The summed E-state index contributed by atoms with van der Waals surface area (Å²) in [5.41, 5.74) is 5.93. The molecule has 104 valence electrons. The maximum Gasteiger partial charge on any atom is 0.294 e. The van der Waals surface area contributed by atoms with E-state index in [-0.39, 0.29) is 27.1 Å². The van der Waals surface area contributed by atoms with Crippen LogP contribution in [0.15, 0.2) is 23.2 Å². The Bertz CT molecular complexity index is 816. The van der Waals surface area contributed by atoms with E-state index in [0.717, 1.165) is 16.8 Å². The molecule has 3 N–H and O–H groups in total. The molecule has 2 aromatic rings. The van der Waals surface area contributed by atoms with Crippen LogP contribution in [0.4, 0.5) is 5.82 Å². The number of nitrogens with two attached hydrogens (primary N) is 1. The Labute approximate surface area is 123 Å². The molecule has 0 atom stereocenters. The second-order valence-corrected chi connectivity index (χ2v) is 5.91. The van der Waals surface area contributed by atoms with Crippen molar-refractivity contribution in [1.29, 1.82) is 5.26 Å². The van der Waals surface area contributed by atoms with Gasteiger partial charge in [0.2, 0.25) is 0 Å². The summed E-state index contributed by atoms with van der Waals surface area (Å²) in [4.78, 5) is -0.456. The number of anilines is 1. The average Bonchev–Trinajstić information content (AvgIpc) is 2.69. The van der Waals surface area contributed by atoms with Gasteiger partial charge in [0, 0.05) is 0 Å². The molecule has 0 saturated carbocycles. The lowest BCUT2D eigenvalue weighted by atomic mass is 10.3. The Kier molecular flexibility index (Phi) is 3.62. The van der Waals surface area contributed by atoms with Crippen molar-refractivity contribution in [3.63, 3.8) is 0 Å². The molecule has 1 aromatic heterocycles. The van der Waals surface area contributed by atoms with E-state index in [0.29, 0.717) is 0 Å². The van der Waals surface area contributed by atoms with E-state index in [9.17, 15) is 8.42 Å². The fraction of sp³-hybridized carbons (Fsp3) is 0. The van der Waals surface area contributed by atoms with Crippen molar-refractivity contribution in [3.8, 4) is 11.8 Å². The van der Waals surface area contributed by atoms with Crippen molar-refractivity contribution in [2.45, 2.75) is 4.90 Å². The standard InChI is InChI=1S/C10H6Cl2N4O3S/c11-7-1-6(20(17,18)19)2-8(12)9(7)16-10(14)5(3-13)4-15-16/h1-2,4H,14H2,(H,17,18,19). The van der Waals surface area contributed by atoms with Gasteiger partial charge in [0.25, 0.3) is 10.1 Å². The highest BCUT2D eigenvalue weighted by Crippen LogP contribution is 2.33. The first-order valence-electron chi connectivity index (χ1n) is 4.96. The summed E-state index contributed by atoms with van der Waals surface area (Å²) in [6, 6.07) is 3.84. The summed E-state index contributed by atoms with van der Waals surface area (Å²) < 4.78 is 32.2. The van der Waals surface area contributed by atoms with Gasteiger partial charge in [0.1, 0.15) is 23.1 Å². The third-order valence-electron chi connectivity index (χ3n) is 2.43. The maximum atomic E-state index is 11.1. The predicted molar refractivity (Wildman–Crippen MR) is 72.5 cm³/mol. The molecular formula is C10H6Cl2N4O3S. The second kappa shape index (κ2) is 4.96. The molecule has 7 nitrogen and oxygen atoms in total. The number of halogens is 2. The number of benzene rings is 1. The summed E-state index contributed by atoms with van der Waals surface area (Å²) in [5, 5.41) is 12.5. The zero-order chi connectivity index (χ0) is 15.1. The number of nitrogens with zero attached hydrogens (tertiary/aromatic N) is 3. The van der Waals surface area contributed by atoms with Gasteiger partial charge in [-0.25, -0.2) is 4.68 Å². The molecule has 0 fully saturated rings. The van der Waals surface area contributed by atoms with Gasteiger partial charge < -0.3 is 5.73 Å². The molecule has 10 heteroatoms. The fourth-order valence-electron chi connectivity index (χ4n) is 1.52. The normalized spacial score (nSPS) is 11.3. The van der Waals surface area contributed by atoms with Gasteiger partial charge in [-0.3, -0.25) is 4.55 Å². The van der Waals surface area contributed by atoms with Gasteiger partial charge in [-0.05, 0) is 12.1 Å². The molecular weight excluding hydrogens is 327 g/mol. The van der Waals surface area contributed by atoms with E-state index in [1.54, 1.807) is 0 Å². The Morgan fingerprint density at radius 1 is 1.35 bits per heavy atom. The average molecular weight is 333 g/mol. The lowest BCUT2D eigenvalue weighted by Gasteiger charge is -2.10. The van der Waals surface area contributed by atoms with Gasteiger partial charge in [0.15, 0.2) is 0 Å². The van der Waals surface area contributed by atoms with E-state index >= 15 is 0 Å². The van der Waals surface area contributed by atoms with Gasteiger partial charge >= 0.3 is 0 Å². The van der Waals surface area contributed by atoms with Gasteiger partial charge in [-0.1, -0.05) is 23.2 Å². The summed E-state index contributed by atoms with van der Waals surface area (Å²) in [7, 11) is -4.44. The third-order valence-corrected chi connectivity index (χ3v) is 3.83. The van der Waals surface area contributed by atoms with E-state index in [2.05, 4.69) is 5.10 Å². The molecule has 0 aliphatic carbocycles. The minimum atomic E-state index is -4.44. The molecule has 0 saturated heterocycles. The highest BCUT2D eigenvalue weighted by Gasteiger charge is 2.19. The number of nitriles is 1. The van der Waals surface area contributed by atoms with Crippen LogP contribution in [0.2, 0.25) is 10.0 Å². The van der Waals surface area contributed by atoms with E-state index < -0.39 is 15.0 Å². The lowest BCUT2D eigenvalue weighted by molar-refractivity contribution is 0.483. The van der Waals surface area contributed by atoms with Crippen LogP contribution in [0.25, 0.3) is 5.69 Å². The fourth-order valence-corrected chi connectivity index (χ4v) is 2.83. The van der Waals surface area contributed by atoms with Crippen molar-refractivity contribution in [1.82, 2.24) is 9.78 Å². The van der Waals surface area contributed by atoms with Gasteiger partial charge in [-0.2, -0.15) is 18.8 Å². The molecule has 1 heterocycles. The molecule has 0 amide bonds. The smallest absolute Gasteiger partial charge is 0.294 e. The zero-order valence-corrected chi connectivity index (χ0v) is 11.9. The monoisotopic (exact) mass is 332 g/mol. The minimum Gasteiger partial charge on any atom is -0.382 e. The summed E-state index contributed by atoms with van der Waals surface area (Å²) in [6.45, 7) is 0. The van der Waals surface area contributed by atoms with Crippen molar-refractivity contribution < 1.29 is 13.0 Å².